The molecule has 0 radical (unpaired) electrons. The van der Waals surface area contributed by atoms with Crippen LogP contribution in [0.25, 0.3) is 11.3 Å². The topological polar surface area (TPSA) is 49.8 Å². The quantitative estimate of drug-likeness (QED) is 0.425. The van der Waals surface area contributed by atoms with Crippen molar-refractivity contribution in [1.82, 2.24) is 4.90 Å². The van der Waals surface area contributed by atoms with Crippen LogP contribution in [0, 0.1) is 0 Å². The second-order valence-electron chi connectivity index (χ2n) is 10.00. The molecule has 1 aliphatic carbocycles. The Labute approximate surface area is 199 Å². The molecule has 4 rings (SSSR count). The van der Waals surface area contributed by atoms with Crippen LogP contribution in [0.5, 0.6) is 5.75 Å². The van der Waals surface area contributed by atoms with Crippen LogP contribution in [-0.4, -0.2) is 35.0 Å². The van der Waals surface area contributed by atoms with E-state index in [4.69, 9.17) is 4.74 Å². The summed E-state index contributed by atoms with van der Waals surface area (Å²) in [5, 5.41) is 12.9. The lowest BCUT2D eigenvalue weighted by Gasteiger charge is -2.42. The maximum absolute atomic E-state index is 12.2. The first-order chi connectivity index (χ1) is 16.2. The van der Waals surface area contributed by atoms with Crippen molar-refractivity contribution in [2.75, 3.05) is 13.2 Å². The van der Waals surface area contributed by atoms with Gasteiger partial charge in [-0.1, -0.05) is 77.2 Å². The van der Waals surface area contributed by atoms with Gasteiger partial charge in [-0.25, -0.2) is 0 Å². The number of benzene rings is 1. The van der Waals surface area contributed by atoms with Gasteiger partial charge in [0, 0.05) is 11.3 Å². The Hall–Kier alpha value is -2.23. The predicted octanol–water partition coefficient (Wildman–Crippen LogP) is 5.53. The van der Waals surface area contributed by atoms with Gasteiger partial charge in [-0.05, 0) is 48.6 Å². The van der Waals surface area contributed by atoms with E-state index in [0.717, 1.165) is 42.5 Å². The van der Waals surface area contributed by atoms with E-state index < -0.39 is 0 Å². The van der Waals surface area contributed by atoms with Gasteiger partial charge in [0.15, 0.2) is 5.78 Å². The van der Waals surface area contributed by atoms with E-state index in [1.165, 1.54) is 87.5 Å². The van der Waals surface area contributed by atoms with Gasteiger partial charge in [0.1, 0.15) is 11.5 Å². The minimum atomic E-state index is -0.0158. The molecule has 4 nitrogen and oxygen atoms in total. The highest BCUT2D eigenvalue weighted by molar-refractivity contribution is 5.97. The summed E-state index contributed by atoms with van der Waals surface area (Å²) in [7, 11) is 0. The SMILES string of the molecule is CCCCCCCCCCCCOc1ccc2c(c1)=C1C(O)=CC(=O)CN1[C@H]1CCCCC=21. The molecule has 180 valence electrons. The molecule has 1 aromatic rings. The standard InChI is InChI=1S/C29H41NO3/c1-2-3-4-5-6-7-8-9-10-13-18-33-23-16-17-24-25-14-11-12-15-27(25)30-21-22(31)19-28(32)29(30)26(24)20-23/h16-17,19-20,27,32H,2-15,18,21H2,1H3/t27-/m0/s1. The molecule has 2 heterocycles. The van der Waals surface area contributed by atoms with Crippen molar-refractivity contribution in [1.29, 1.82) is 0 Å². The average molecular weight is 452 g/mol. The summed E-state index contributed by atoms with van der Waals surface area (Å²) in [4.78, 5) is 14.3. The Morgan fingerprint density at radius 3 is 2.45 bits per heavy atom. The molecular weight excluding hydrogens is 410 g/mol. The number of ether oxygens (including phenoxy) is 1. The van der Waals surface area contributed by atoms with E-state index >= 15 is 0 Å². The molecule has 0 bridgehead atoms. The Kier molecular flexibility index (Phi) is 8.52. The van der Waals surface area contributed by atoms with Crippen LogP contribution in [0.15, 0.2) is 30.0 Å². The maximum atomic E-state index is 12.2. The molecule has 1 aromatic carbocycles. The van der Waals surface area contributed by atoms with Gasteiger partial charge in [-0.2, -0.15) is 0 Å². The van der Waals surface area contributed by atoms with Crippen LogP contribution < -0.4 is 15.2 Å². The fourth-order valence-corrected chi connectivity index (χ4v) is 5.74. The predicted molar refractivity (Wildman–Crippen MR) is 135 cm³/mol. The summed E-state index contributed by atoms with van der Waals surface area (Å²) < 4.78 is 6.11. The number of fused-ring (bicyclic) bond motifs is 4. The number of hydrogen-bond donors (Lipinski definition) is 1. The first kappa shape index (κ1) is 23.9. The Bertz CT molecular complexity index is 977. The molecule has 1 saturated carbocycles. The highest BCUT2D eigenvalue weighted by atomic mass is 16.5. The van der Waals surface area contributed by atoms with E-state index in [0.29, 0.717) is 6.54 Å². The number of hydrogen-bond acceptors (Lipinski definition) is 4. The number of carbonyl (C=O) groups is 1. The van der Waals surface area contributed by atoms with Gasteiger partial charge in [0.2, 0.25) is 0 Å². The monoisotopic (exact) mass is 451 g/mol. The lowest BCUT2D eigenvalue weighted by Crippen LogP contribution is -2.52. The molecule has 0 saturated heterocycles. The number of carbonyl (C=O) groups excluding carboxylic acids is 1. The molecule has 2 aliphatic heterocycles. The summed E-state index contributed by atoms with van der Waals surface area (Å²) in [6, 6.07) is 6.56. The summed E-state index contributed by atoms with van der Waals surface area (Å²) in [6.07, 6.45) is 19.0. The van der Waals surface area contributed by atoms with Crippen molar-refractivity contribution in [3.8, 4) is 5.75 Å². The largest absolute Gasteiger partial charge is 0.506 e. The Morgan fingerprint density at radius 1 is 0.970 bits per heavy atom. The molecule has 33 heavy (non-hydrogen) atoms. The second-order valence-corrected chi connectivity index (χ2v) is 10.00. The Balaban J connectivity index is 1.36. The lowest BCUT2D eigenvalue weighted by atomic mass is 9.83. The fourth-order valence-electron chi connectivity index (χ4n) is 5.74. The van der Waals surface area contributed by atoms with Crippen molar-refractivity contribution < 1.29 is 14.6 Å². The zero-order valence-electron chi connectivity index (χ0n) is 20.4. The van der Waals surface area contributed by atoms with Crippen molar-refractivity contribution in [3.63, 3.8) is 0 Å². The molecule has 0 aromatic heterocycles. The van der Waals surface area contributed by atoms with E-state index in [1.807, 2.05) is 0 Å². The first-order valence-corrected chi connectivity index (χ1v) is 13.4. The molecule has 0 spiro atoms. The third-order valence-electron chi connectivity index (χ3n) is 7.46. The molecule has 0 amide bonds. The van der Waals surface area contributed by atoms with Crippen molar-refractivity contribution in [3.05, 3.63) is 40.5 Å². The molecular formula is C29H41NO3. The number of aliphatic hydroxyl groups is 1. The first-order valence-electron chi connectivity index (χ1n) is 13.4. The third kappa shape index (κ3) is 5.83. The van der Waals surface area contributed by atoms with Crippen LogP contribution >= 0.6 is 0 Å². The van der Waals surface area contributed by atoms with Crippen LogP contribution in [0.4, 0.5) is 0 Å². The maximum Gasteiger partial charge on any atom is 0.178 e. The third-order valence-corrected chi connectivity index (χ3v) is 7.46. The zero-order valence-corrected chi connectivity index (χ0v) is 20.4. The molecule has 1 N–H and O–H groups in total. The van der Waals surface area contributed by atoms with E-state index in [2.05, 4.69) is 30.0 Å². The molecule has 1 fully saturated rings. The molecule has 0 unspecified atom stereocenters. The van der Waals surface area contributed by atoms with Crippen molar-refractivity contribution >= 4 is 17.1 Å². The van der Waals surface area contributed by atoms with Gasteiger partial charge < -0.3 is 14.7 Å². The highest BCUT2D eigenvalue weighted by Gasteiger charge is 2.35. The minimum absolute atomic E-state index is 0.0158. The Morgan fingerprint density at radius 2 is 1.70 bits per heavy atom. The number of rotatable bonds is 12. The smallest absolute Gasteiger partial charge is 0.178 e. The number of unbranched alkanes of at least 4 members (excludes halogenated alkanes) is 9. The van der Waals surface area contributed by atoms with Gasteiger partial charge in [0.25, 0.3) is 0 Å². The van der Waals surface area contributed by atoms with Crippen molar-refractivity contribution in [2.24, 2.45) is 0 Å². The van der Waals surface area contributed by atoms with E-state index in [9.17, 15) is 9.90 Å². The fraction of sp³-hybridized carbons (Fsp3) is 0.621. The summed E-state index contributed by atoms with van der Waals surface area (Å²) in [5.41, 5.74) is 2.23. The summed E-state index contributed by atoms with van der Waals surface area (Å²) in [5.74, 6) is 0.943. The van der Waals surface area contributed by atoms with Gasteiger partial charge in [-0.15, -0.1) is 0 Å². The zero-order chi connectivity index (χ0) is 23.0. The second kappa shape index (κ2) is 11.8. The number of aliphatic hydroxyl groups excluding tert-OH is 1. The normalized spacial score (nSPS) is 19.7. The van der Waals surface area contributed by atoms with Crippen LogP contribution in [0.1, 0.15) is 96.8 Å². The average Bonchev–Trinajstić information content (AvgIpc) is 2.82. The van der Waals surface area contributed by atoms with Crippen molar-refractivity contribution in [2.45, 2.75) is 103 Å². The summed E-state index contributed by atoms with van der Waals surface area (Å²) in [6.45, 7) is 3.36. The lowest BCUT2D eigenvalue weighted by molar-refractivity contribution is -0.115. The van der Waals surface area contributed by atoms with Gasteiger partial charge >= 0.3 is 0 Å². The number of ketones is 1. The van der Waals surface area contributed by atoms with Gasteiger partial charge in [0.05, 0.1) is 24.9 Å². The molecule has 1 atom stereocenters. The molecule has 3 aliphatic rings. The summed E-state index contributed by atoms with van der Waals surface area (Å²) >= 11 is 0. The highest BCUT2D eigenvalue weighted by Crippen LogP contribution is 2.35. The van der Waals surface area contributed by atoms with Crippen LogP contribution in [0.2, 0.25) is 0 Å². The number of nitrogens with zero attached hydrogens (tertiary/aromatic N) is 1. The van der Waals surface area contributed by atoms with Crippen LogP contribution in [0.3, 0.4) is 0 Å². The van der Waals surface area contributed by atoms with E-state index in [1.54, 1.807) is 0 Å². The minimum Gasteiger partial charge on any atom is -0.506 e. The van der Waals surface area contributed by atoms with Crippen LogP contribution in [-0.2, 0) is 4.79 Å². The molecule has 4 heteroatoms. The van der Waals surface area contributed by atoms with E-state index in [-0.39, 0.29) is 17.6 Å². The van der Waals surface area contributed by atoms with Gasteiger partial charge in [-0.3, -0.25) is 4.79 Å².